The zero-order valence-electron chi connectivity index (χ0n) is 8.59. The molecule has 0 atom stereocenters. The van der Waals surface area contributed by atoms with E-state index < -0.39 is 0 Å². The molecule has 0 aromatic heterocycles. The minimum atomic E-state index is 0.878. The molecule has 1 nitrogen and oxygen atoms in total. The summed E-state index contributed by atoms with van der Waals surface area (Å²) >= 11 is 0. The minimum absolute atomic E-state index is 0.878. The van der Waals surface area contributed by atoms with Crippen molar-refractivity contribution in [3.8, 4) is 0 Å². The maximum atomic E-state index is 4.31. The Balaban J connectivity index is 1.97. The number of nitrogens with zero attached hydrogens (tertiary/aromatic N) is 1. The summed E-state index contributed by atoms with van der Waals surface area (Å²) in [5.41, 5.74) is 5.92. The van der Waals surface area contributed by atoms with Crippen LogP contribution in [0.2, 0.25) is 0 Å². The highest BCUT2D eigenvalue weighted by Gasteiger charge is 2.25. The van der Waals surface area contributed by atoms with Gasteiger partial charge >= 0.3 is 0 Å². The van der Waals surface area contributed by atoms with Crippen molar-refractivity contribution in [2.75, 3.05) is 7.05 Å². The van der Waals surface area contributed by atoms with Crippen molar-refractivity contribution in [1.29, 1.82) is 0 Å². The van der Waals surface area contributed by atoms with Gasteiger partial charge in [-0.2, -0.15) is 0 Å². The Hall–Kier alpha value is -1.11. The largest absolute Gasteiger partial charge is 0.297 e. The van der Waals surface area contributed by atoms with Crippen LogP contribution in [0.5, 0.6) is 0 Å². The van der Waals surface area contributed by atoms with Crippen LogP contribution in [0.15, 0.2) is 23.2 Å². The first-order chi connectivity index (χ1) is 6.86. The second-order valence-corrected chi connectivity index (χ2v) is 4.45. The Morgan fingerprint density at radius 3 is 2.64 bits per heavy atom. The highest BCUT2D eigenvalue weighted by atomic mass is 14.7. The van der Waals surface area contributed by atoms with Crippen LogP contribution in [0.1, 0.15) is 35.4 Å². The zero-order valence-corrected chi connectivity index (χ0v) is 8.59. The average Bonchev–Trinajstić information content (AvgIpc) is 2.97. The molecule has 0 unspecified atom stereocenters. The third kappa shape index (κ3) is 1.28. The first-order valence-corrected chi connectivity index (χ1v) is 5.43. The third-order valence-electron chi connectivity index (χ3n) is 3.38. The monoisotopic (exact) mass is 185 g/mol. The van der Waals surface area contributed by atoms with Crippen molar-refractivity contribution in [3.63, 3.8) is 0 Å². The number of rotatable bonds is 1. The van der Waals surface area contributed by atoms with E-state index in [0.29, 0.717) is 0 Å². The molecule has 14 heavy (non-hydrogen) atoms. The van der Waals surface area contributed by atoms with Gasteiger partial charge in [0.1, 0.15) is 0 Å². The molecule has 72 valence electrons. The lowest BCUT2D eigenvalue weighted by molar-refractivity contribution is 1.11. The van der Waals surface area contributed by atoms with Gasteiger partial charge in [-0.05, 0) is 35.4 Å². The molecule has 0 amide bonds. The molecule has 2 aliphatic rings. The normalized spacial score (nSPS) is 22.8. The molecule has 0 heterocycles. The molecule has 0 bridgehead atoms. The molecule has 2 aliphatic carbocycles. The highest BCUT2D eigenvalue weighted by Crippen LogP contribution is 2.41. The fourth-order valence-corrected chi connectivity index (χ4v) is 2.31. The van der Waals surface area contributed by atoms with Gasteiger partial charge in [0.15, 0.2) is 0 Å². The lowest BCUT2D eigenvalue weighted by atomic mass is 10.0. The van der Waals surface area contributed by atoms with Crippen molar-refractivity contribution in [3.05, 3.63) is 34.9 Å². The molecule has 0 radical (unpaired) electrons. The Morgan fingerprint density at radius 2 is 1.93 bits per heavy atom. The number of aliphatic imine (C=N–C) groups is 1. The fourth-order valence-electron chi connectivity index (χ4n) is 2.31. The van der Waals surface area contributed by atoms with Crippen LogP contribution in [0.4, 0.5) is 0 Å². The molecule has 0 aliphatic heterocycles. The van der Waals surface area contributed by atoms with E-state index in [1.54, 1.807) is 5.56 Å². The Kier molecular flexibility index (Phi) is 1.73. The van der Waals surface area contributed by atoms with Gasteiger partial charge in [0.05, 0.1) is 0 Å². The van der Waals surface area contributed by atoms with E-state index in [9.17, 15) is 0 Å². The molecule has 3 rings (SSSR count). The van der Waals surface area contributed by atoms with Gasteiger partial charge in [0.25, 0.3) is 0 Å². The van der Waals surface area contributed by atoms with E-state index in [-0.39, 0.29) is 0 Å². The number of hydrogen-bond acceptors (Lipinski definition) is 1. The summed E-state index contributed by atoms with van der Waals surface area (Å²) in [7, 11) is 1.91. The fraction of sp³-hybridized carbons (Fsp3) is 0.462. The Morgan fingerprint density at radius 1 is 1.14 bits per heavy atom. The molecule has 0 N–H and O–H groups in total. The second-order valence-electron chi connectivity index (χ2n) is 4.45. The van der Waals surface area contributed by atoms with Crippen LogP contribution in [0.25, 0.3) is 0 Å². The van der Waals surface area contributed by atoms with Gasteiger partial charge in [-0.1, -0.05) is 18.2 Å². The molecule has 0 saturated heterocycles. The summed E-state index contributed by atoms with van der Waals surface area (Å²) < 4.78 is 0. The first-order valence-electron chi connectivity index (χ1n) is 5.43. The maximum absolute atomic E-state index is 4.31. The smallest absolute Gasteiger partial charge is 0.0276 e. The van der Waals surface area contributed by atoms with Crippen LogP contribution in [0.3, 0.4) is 0 Å². The topological polar surface area (TPSA) is 12.4 Å². The number of benzene rings is 1. The van der Waals surface area contributed by atoms with Crippen molar-refractivity contribution in [2.24, 2.45) is 4.99 Å². The van der Waals surface area contributed by atoms with Crippen LogP contribution < -0.4 is 0 Å². The van der Waals surface area contributed by atoms with E-state index in [1.807, 2.05) is 7.05 Å². The molecule has 1 heteroatoms. The van der Waals surface area contributed by atoms with Gasteiger partial charge in [-0.3, -0.25) is 4.99 Å². The van der Waals surface area contributed by atoms with Crippen molar-refractivity contribution in [2.45, 2.75) is 31.6 Å². The third-order valence-corrected chi connectivity index (χ3v) is 3.38. The quantitative estimate of drug-likeness (QED) is 0.638. The van der Waals surface area contributed by atoms with E-state index in [4.69, 9.17) is 0 Å². The van der Waals surface area contributed by atoms with Gasteiger partial charge in [-0.25, -0.2) is 0 Å². The van der Waals surface area contributed by atoms with Crippen LogP contribution in [-0.2, 0) is 12.8 Å². The molecular formula is C13H15N. The first kappa shape index (κ1) is 8.22. The van der Waals surface area contributed by atoms with Crippen LogP contribution in [-0.4, -0.2) is 12.8 Å². The number of hydrogen-bond donors (Lipinski definition) is 0. The van der Waals surface area contributed by atoms with Gasteiger partial charge in [-0.15, -0.1) is 0 Å². The molecule has 1 fully saturated rings. The van der Waals surface area contributed by atoms with Crippen molar-refractivity contribution >= 4 is 5.71 Å². The lowest BCUT2D eigenvalue weighted by Gasteiger charge is -2.01. The van der Waals surface area contributed by atoms with Crippen molar-refractivity contribution < 1.29 is 0 Å². The van der Waals surface area contributed by atoms with E-state index in [0.717, 1.165) is 18.8 Å². The van der Waals surface area contributed by atoms with Gasteiger partial charge in [0, 0.05) is 25.6 Å². The zero-order chi connectivity index (χ0) is 9.54. The SMILES string of the molecule is CN=C1Cc2ccc(C3CC3)cc2C1. The minimum Gasteiger partial charge on any atom is -0.297 e. The molecule has 1 saturated carbocycles. The predicted molar refractivity (Wildman–Crippen MR) is 59.2 cm³/mol. The predicted octanol–water partition coefficient (Wildman–Crippen LogP) is 2.73. The summed E-state index contributed by atoms with van der Waals surface area (Å²) in [4.78, 5) is 4.31. The maximum Gasteiger partial charge on any atom is 0.0276 e. The van der Waals surface area contributed by atoms with Gasteiger partial charge in [0.2, 0.25) is 0 Å². The summed E-state index contributed by atoms with van der Waals surface area (Å²) in [6.07, 6.45) is 4.96. The summed E-state index contributed by atoms with van der Waals surface area (Å²) in [5.74, 6) is 0.878. The summed E-state index contributed by atoms with van der Waals surface area (Å²) in [6, 6.07) is 7.03. The second kappa shape index (κ2) is 2.94. The summed E-state index contributed by atoms with van der Waals surface area (Å²) in [6.45, 7) is 0. The average molecular weight is 185 g/mol. The molecular weight excluding hydrogens is 170 g/mol. The standard InChI is InChI=1S/C13H15N/c1-14-13-7-11-5-4-10(9-2-3-9)6-12(11)8-13/h4-6,9H,2-3,7-8H2,1H3. The van der Waals surface area contributed by atoms with E-state index in [2.05, 4.69) is 23.2 Å². The lowest BCUT2D eigenvalue weighted by Crippen LogP contribution is -1.94. The molecule has 1 aromatic rings. The molecule has 1 aromatic carbocycles. The molecule has 0 spiro atoms. The Labute approximate surface area is 84.9 Å². The Bertz CT molecular complexity index is 400. The number of fused-ring (bicyclic) bond motifs is 1. The summed E-state index contributed by atoms with van der Waals surface area (Å²) in [5, 5.41) is 0. The van der Waals surface area contributed by atoms with Crippen LogP contribution >= 0.6 is 0 Å². The van der Waals surface area contributed by atoms with E-state index in [1.165, 1.54) is 29.7 Å². The van der Waals surface area contributed by atoms with E-state index >= 15 is 0 Å². The van der Waals surface area contributed by atoms with Crippen molar-refractivity contribution in [1.82, 2.24) is 0 Å². The van der Waals surface area contributed by atoms with Crippen LogP contribution in [0, 0.1) is 0 Å². The highest BCUT2D eigenvalue weighted by molar-refractivity contribution is 5.92. The van der Waals surface area contributed by atoms with Gasteiger partial charge < -0.3 is 0 Å².